The molecule has 0 saturated carbocycles. The van der Waals surface area contributed by atoms with Crippen molar-refractivity contribution in [2.24, 2.45) is 0 Å². The van der Waals surface area contributed by atoms with Gasteiger partial charge >= 0.3 is 0 Å². The van der Waals surface area contributed by atoms with Crippen LogP contribution in [-0.2, 0) is 0 Å². The minimum absolute atomic E-state index is 0.134. The van der Waals surface area contributed by atoms with Crippen LogP contribution >= 0.6 is 0 Å². The summed E-state index contributed by atoms with van der Waals surface area (Å²) in [7, 11) is 0. The van der Waals surface area contributed by atoms with Gasteiger partial charge in [0.2, 0.25) is 0 Å². The first-order valence-corrected chi connectivity index (χ1v) is 8.51. The second-order valence-electron chi connectivity index (χ2n) is 6.41. The predicted octanol–water partition coefficient (Wildman–Crippen LogP) is 3.26. The molecule has 0 bridgehead atoms. The molecule has 29 heavy (non-hydrogen) atoms. The number of carbonyl (C=O) groups is 1. The van der Waals surface area contributed by atoms with E-state index in [-0.39, 0.29) is 16.7 Å². The summed E-state index contributed by atoms with van der Waals surface area (Å²) in [5.74, 6) is -3.46. The molecule has 4 rings (SSSR count). The van der Waals surface area contributed by atoms with Gasteiger partial charge in [-0.2, -0.15) is 5.10 Å². The largest absolute Gasteiger partial charge is 0.506 e. The summed E-state index contributed by atoms with van der Waals surface area (Å²) in [6.45, 7) is 1.92. The lowest BCUT2D eigenvalue weighted by molar-refractivity contribution is 0.102. The Bertz CT molecular complexity index is 1310. The van der Waals surface area contributed by atoms with E-state index in [0.29, 0.717) is 11.8 Å². The molecule has 0 saturated heterocycles. The topological polar surface area (TPSA) is 100 Å². The number of aromatic hydroxyl groups is 1. The van der Waals surface area contributed by atoms with Crippen LogP contribution in [0.2, 0.25) is 0 Å². The molecule has 9 heteroatoms. The van der Waals surface area contributed by atoms with E-state index in [1.807, 2.05) is 19.1 Å². The molecule has 7 nitrogen and oxygen atoms in total. The maximum atomic E-state index is 13.8. The standard InChI is InChI=1S/C20H14F2N4O3/c1-10-2-5-12(6-3-10)26-18-13(9-23-26)17(27)16(20(29)25-18)19(28)24-15-7-4-11(21)8-14(15)22/h2-9H,1H3,(H,24,28)(H2,25,27,29). The number of nitrogens with one attached hydrogen (secondary N) is 2. The van der Waals surface area contributed by atoms with Gasteiger partial charge in [0.1, 0.15) is 28.6 Å². The number of fused-ring (bicyclic) bond motifs is 1. The minimum atomic E-state index is -1.04. The molecule has 146 valence electrons. The van der Waals surface area contributed by atoms with Gasteiger partial charge in [-0.25, -0.2) is 13.5 Å². The average Bonchev–Trinajstić information content (AvgIpc) is 3.08. The number of rotatable bonds is 3. The van der Waals surface area contributed by atoms with E-state index >= 15 is 0 Å². The van der Waals surface area contributed by atoms with Crippen molar-refractivity contribution in [1.82, 2.24) is 14.8 Å². The van der Waals surface area contributed by atoms with E-state index in [1.54, 1.807) is 12.1 Å². The summed E-state index contributed by atoms with van der Waals surface area (Å²) < 4.78 is 28.2. The van der Waals surface area contributed by atoms with Gasteiger partial charge in [0.15, 0.2) is 0 Å². The SMILES string of the molecule is Cc1ccc(-n2ncc3c(O)c(C(=O)Nc4ccc(F)cc4F)c(=O)[nH]c32)cc1. The molecule has 0 fully saturated rings. The number of amides is 1. The number of anilines is 1. The maximum absolute atomic E-state index is 13.8. The first-order chi connectivity index (χ1) is 13.8. The van der Waals surface area contributed by atoms with Crippen LogP contribution in [0, 0.1) is 18.6 Å². The van der Waals surface area contributed by atoms with Gasteiger partial charge in [-0.1, -0.05) is 17.7 Å². The van der Waals surface area contributed by atoms with Crippen LogP contribution in [0.5, 0.6) is 5.75 Å². The highest BCUT2D eigenvalue weighted by atomic mass is 19.1. The number of hydrogen-bond donors (Lipinski definition) is 3. The number of nitrogens with zero attached hydrogens (tertiary/aromatic N) is 2. The summed E-state index contributed by atoms with van der Waals surface area (Å²) in [5, 5.41) is 17.0. The summed E-state index contributed by atoms with van der Waals surface area (Å²) in [6, 6.07) is 9.86. The number of hydrogen-bond acceptors (Lipinski definition) is 4. The number of pyridine rings is 1. The van der Waals surface area contributed by atoms with Gasteiger partial charge < -0.3 is 15.4 Å². The molecule has 0 aliphatic heterocycles. The van der Waals surface area contributed by atoms with Gasteiger partial charge in [-0.15, -0.1) is 0 Å². The highest BCUT2D eigenvalue weighted by Gasteiger charge is 2.22. The van der Waals surface area contributed by atoms with Crippen molar-refractivity contribution in [3.8, 4) is 11.4 Å². The van der Waals surface area contributed by atoms with Crippen LogP contribution in [0.25, 0.3) is 16.7 Å². The molecule has 0 aliphatic carbocycles. The normalized spacial score (nSPS) is 11.0. The monoisotopic (exact) mass is 396 g/mol. The Morgan fingerprint density at radius 1 is 1.17 bits per heavy atom. The zero-order valence-corrected chi connectivity index (χ0v) is 15.0. The van der Waals surface area contributed by atoms with Gasteiger partial charge in [-0.05, 0) is 31.2 Å². The molecule has 0 spiro atoms. The first-order valence-electron chi connectivity index (χ1n) is 8.51. The molecule has 0 radical (unpaired) electrons. The van der Waals surface area contributed by atoms with Crippen LogP contribution in [0.4, 0.5) is 14.5 Å². The molecule has 3 N–H and O–H groups in total. The van der Waals surface area contributed by atoms with E-state index in [2.05, 4.69) is 15.4 Å². The Hall–Kier alpha value is -4.01. The number of halogens is 2. The zero-order chi connectivity index (χ0) is 20.7. The first kappa shape index (κ1) is 18.4. The molecule has 1 amide bonds. The Morgan fingerprint density at radius 3 is 2.59 bits per heavy atom. The second-order valence-corrected chi connectivity index (χ2v) is 6.41. The van der Waals surface area contributed by atoms with Gasteiger partial charge in [0.25, 0.3) is 11.5 Å². The molecule has 4 aromatic rings. The number of carbonyl (C=O) groups excluding carboxylic acids is 1. The summed E-state index contributed by atoms with van der Waals surface area (Å²) >= 11 is 0. The Morgan fingerprint density at radius 2 is 1.90 bits per heavy atom. The smallest absolute Gasteiger partial charge is 0.266 e. The van der Waals surface area contributed by atoms with E-state index in [0.717, 1.165) is 17.7 Å². The maximum Gasteiger partial charge on any atom is 0.266 e. The average molecular weight is 396 g/mol. The van der Waals surface area contributed by atoms with Crippen LogP contribution < -0.4 is 10.9 Å². The van der Waals surface area contributed by atoms with Crippen molar-refractivity contribution < 1.29 is 18.7 Å². The van der Waals surface area contributed by atoms with Crippen molar-refractivity contribution in [2.75, 3.05) is 5.32 Å². The third-order valence-corrected chi connectivity index (χ3v) is 4.41. The van der Waals surface area contributed by atoms with E-state index in [9.17, 15) is 23.5 Å². The van der Waals surface area contributed by atoms with Crippen molar-refractivity contribution in [1.29, 1.82) is 0 Å². The predicted molar refractivity (Wildman–Crippen MR) is 102 cm³/mol. The lowest BCUT2D eigenvalue weighted by Gasteiger charge is -2.09. The molecule has 0 unspecified atom stereocenters. The Labute approximate surface area is 162 Å². The van der Waals surface area contributed by atoms with E-state index < -0.39 is 34.4 Å². The number of H-pyrrole nitrogens is 1. The molecule has 2 aromatic heterocycles. The molecular weight excluding hydrogens is 382 g/mol. The molecule has 0 atom stereocenters. The van der Waals surface area contributed by atoms with Gasteiger partial charge in [0.05, 0.1) is 23.0 Å². The lowest BCUT2D eigenvalue weighted by Crippen LogP contribution is -2.24. The van der Waals surface area contributed by atoms with Crippen LogP contribution in [0.1, 0.15) is 15.9 Å². The van der Waals surface area contributed by atoms with Crippen molar-refractivity contribution in [3.05, 3.63) is 81.8 Å². The third kappa shape index (κ3) is 3.22. The number of aryl methyl sites for hydroxylation is 1. The van der Waals surface area contributed by atoms with Crippen molar-refractivity contribution >= 4 is 22.6 Å². The number of aromatic amines is 1. The lowest BCUT2D eigenvalue weighted by atomic mass is 10.2. The number of benzene rings is 2. The van der Waals surface area contributed by atoms with Crippen LogP contribution in [0.3, 0.4) is 0 Å². The Kier molecular flexibility index (Phi) is 4.34. The summed E-state index contributed by atoms with van der Waals surface area (Å²) in [5.41, 5.74) is 0.0554. The van der Waals surface area contributed by atoms with Crippen molar-refractivity contribution in [3.63, 3.8) is 0 Å². The summed E-state index contributed by atoms with van der Waals surface area (Å²) in [4.78, 5) is 27.5. The number of aromatic nitrogens is 3. The van der Waals surface area contributed by atoms with Gasteiger partial charge in [0, 0.05) is 6.07 Å². The Balaban J connectivity index is 1.77. The van der Waals surface area contributed by atoms with E-state index in [1.165, 1.54) is 10.9 Å². The molecule has 2 aromatic carbocycles. The van der Waals surface area contributed by atoms with E-state index in [4.69, 9.17) is 0 Å². The van der Waals surface area contributed by atoms with Gasteiger partial charge in [-0.3, -0.25) is 9.59 Å². The fourth-order valence-corrected chi connectivity index (χ4v) is 2.92. The highest BCUT2D eigenvalue weighted by Crippen LogP contribution is 2.27. The zero-order valence-electron chi connectivity index (χ0n) is 15.0. The fraction of sp³-hybridized carbons (Fsp3) is 0.0500. The van der Waals surface area contributed by atoms with Crippen LogP contribution in [0.15, 0.2) is 53.5 Å². The molecular formula is C20H14F2N4O3. The molecule has 0 aliphatic rings. The summed E-state index contributed by atoms with van der Waals surface area (Å²) in [6.07, 6.45) is 1.30. The second kappa shape index (κ2) is 6.86. The van der Waals surface area contributed by atoms with Crippen molar-refractivity contribution in [2.45, 2.75) is 6.92 Å². The van der Waals surface area contributed by atoms with Crippen LogP contribution in [-0.4, -0.2) is 25.8 Å². The third-order valence-electron chi connectivity index (χ3n) is 4.41. The molecule has 2 heterocycles. The quantitative estimate of drug-likeness (QED) is 0.495. The fourth-order valence-electron chi connectivity index (χ4n) is 2.92. The highest BCUT2D eigenvalue weighted by molar-refractivity contribution is 6.08. The minimum Gasteiger partial charge on any atom is -0.506 e.